The van der Waals surface area contributed by atoms with Crippen molar-refractivity contribution in [3.8, 4) is 11.5 Å². The molecule has 3 saturated heterocycles. The largest absolute Gasteiger partial charge is 0.488 e. The summed E-state index contributed by atoms with van der Waals surface area (Å²) in [4.78, 5) is 61.2. The molecule has 65 heavy (non-hydrogen) atoms. The lowest BCUT2D eigenvalue weighted by Crippen LogP contribution is -2.43. The van der Waals surface area contributed by atoms with E-state index in [1.165, 1.54) is 47.7 Å². The van der Waals surface area contributed by atoms with E-state index in [-0.39, 0.29) is 52.2 Å². The van der Waals surface area contributed by atoms with E-state index < -0.39 is 11.4 Å². The number of aryl methyl sites for hydroxylation is 2. The van der Waals surface area contributed by atoms with Gasteiger partial charge in [0, 0.05) is 64.3 Å². The molecule has 4 atom stereocenters. The number of hydrogen-bond donors (Lipinski definition) is 1. The minimum absolute atomic E-state index is 0.0114. The number of benzene rings is 2. The van der Waals surface area contributed by atoms with Gasteiger partial charge in [0.25, 0.3) is 5.91 Å². The Kier molecular flexibility index (Phi) is 11.7. The summed E-state index contributed by atoms with van der Waals surface area (Å²) in [5.41, 5.74) is 5.29. The van der Waals surface area contributed by atoms with Gasteiger partial charge in [-0.15, -0.1) is 0 Å². The maximum atomic E-state index is 13.4. The number of carboxylic acids is 1. The van der Waals surface area contributed by atoms with Crippen LogP contribution in [0.2, 0.25) is 0 Å². The predicted molar refractivity (Wildman–Crippen MR) is 243 cm³/mol. The summed E-state index contributed by atoms with van der Waals surface area (Å²) in [6, 6.07) is 20.0. The van der Waals surface area contributed by atoms with Gasteiger partial charge in [-0.1, -0.05) is 48.5 Å². The molecule has 0 unspecified atom stereocenters. The van der Waals surface area contributed by atoms with Crippen molar-refractivity contribution in [3.63, 3.8) is 0 Å². The minimum atomic E-state index is -1.24. The molecular weight excluding hydrogens is 827 g/mol. The Bertz CT molecular complexity index is 2860. The summed E-state index contributed by atoms with van der Waals surface area (Å²) in [5, 5.41) is 9.97. The molecule has 0 radical (unpaired) electrons. The molecule has 7 heterocycles. The van der Waals surface area contributed by atoms with Crippen LogP contribution in [0.3, 0.4) is 0 Å². The maximum Gasteiger partial charge on any atom is 0.341 e. The Morgan fingerprint density at radius 1 is 0.692 bits per heavy atom. The molecule has 14 heteroatoms. The zero-order valence-electron chi connectivity index (χ0n) is 36.7. The molecule has 2 aromatic carbocycles. The number of ether oxygens (including phenoxy) is 4. The minimum Gasteiger partial charge on any atom is -0.488 e. The number of likely N-dealkylation sites (tertiary alicyclic amines) is 1. The van der Waals surface area contributed by atoms with Gasteiger partial charge in [0.2, 0.25) is 10.9 Å². The predicted octanol–water partition coefficient (Wildman–Crippen LogP) is 6.42. The number of fused-ring (bicyclic) bond motifs is 8. The van der Waals surface area contributed by atoms with Crippen LogP contribution in [0.25, 0.3) is 22.1 Å². The summed E-state index contributed by atoms with van der Waals surface area (Å²) in [6.45, 7) is 7.14. The molecule has 12 rings (SSSR count). The van der Waals surface area contributed by atoms with Crippen LogP contribution in [-0.2, 0) is 48.2 Å². The van der Waals surface area contributed by atoms with Gasteiger partial charge in [-0.3, -0.25) is 14.4 Å². The van der Waals surface area contributed by atoms with Gasteiger partial charge in [0.1, 0.15) is 46.1 Å². The second-order valence-corrected chi connectivity index (χ2v) is 18.0. The molecule has 4 fully saturated rings. The van der Waals surface area contributed by atoms with Crippen molar-refractivity contribution in [3.05, 3.63) is 139 Å². The molecule has 3 aliphatic carbocycles. The fraction of sp³-hybridized carbons (Fsp3) is 0.412. The number of carboxylic acid groups (broad SMARTS) is 1. The Morgan fingerprint density at radius 3 is 1.58 bits per heavy atom. The first-order valence-corrected chi connectivity index (χ1v) is 22.9. The van der Waals surface area contributed by atoms with Crippen LogP contribution in [0, 0.1) is 5.92 Å². The van der Waals surface area contributed by atoms with Gasteiger partial charge in [-0.2, -0.15) is 0 Å². The van der Waals surface area contributed by atoms with Gasteiger partial charge in [-0.05, 0) is 79.8 Å². The average Bonchev–Trinajstić information content (AvgIpc) is 4.21. The zero-order chi connectivity index (χ0) is 44.8. The van der Waals surface area contributed by atoms with E-state index in [2.05, 4.69) is 34.2 Å². The molecule has 1 saturated carbocycles. The Morgan fingerprint density at radius 2 is 1.20 bits per heavy atom. The van der Waals surface area contributed by atoms with Crippen molar-refractivity contribution in [2.75, 3.05) is 19.8 Å². The standard InChI is InChI=1S/C25H25N3O4.C20H18N2O4.C6H10O/c1-2-27-13-22(25(30)28-12-20-9-17(28)14-31-20)23(29)21-10-19(11-26-24(21)27)32-18-7-15-5-3-4-6-16(15)8-18;1-2-22-11-17(20(24)25)18(23)16-9-15(10-21-19(16)22)26-14-7-12-5-3-4-6-13(12)8-14;1-2-6-3-5(1)4-7-6/h3-6,10-11,13,17-18,20H,2,7-9,12,14H2,1H3;3-6,9-11,14H,2,7-8H2,1H3,(H,24,25);5-6H,1-4H2/t17-,20-;;5-,6+/m1.1/s1. The fourth-order valence-electron chi connectivity index (χ4n) is 10.4. The number of nitrogens with zero attached hydrogens (tertiary/aromatic N) is 5. The van der Waals surface area contributed by atoms with E-state index in [0.29, 0.717) is 60.5 Å². The number of carbonyl (C=O) groups excluding carboxylic acids is 1. The highest BCUT2D eigenvalue weighted by atomic mass is 16.5. The van der Waals surface area contributed by atoms with Crippen LogP contribution in [-0.4, -0.2) is 91.2 Å². The molecule has 1 N–H and O–H groups in total. The second kappa shape index (κ2) is 17.9. The highest BCUT2D eigenvalue weighted by Crippen LogP contribution is 2.35. The van der Waals surface area contributed by atoms with Gasteiger partial charge in [0.05, 0.1) is 48.0 Å². The van der Waals surface area contributed by atoms with Crippen molar-refractivity contribution in [1.29, 1.82) is 0 Å². The molecule has 0 spiro atoms. The summed E-state index contributed by atoms with van der Waals surface area (Å²) in [7, 11) is 0. The van der Waals surface area contributed by atoms with Gasteiger partial charge in [-0.25, -0.2) is 14.8 Å². The smallest absolute Gasteiger partial charge is 0.341 e. The Labute approximate surface area is 375 Å². The zero-order valence-corrected chi connectivity index (χ0v) is 36.7. The van der Waals surface area contributed by atoms with E-state index in [0.717, 1.165) is 44.6 Å². The number of pyridine rings is 4. The van der Waals surface area contributed by atoms with Crippen LogP contribution in [0.1, 0.15) is 82.5 Å². The molecule has 1 amide bonds. The van der Waals surface area contributed by atoms with Crippen molar-refractivity contribution < 1.29 is 33.6 Å². The van der Waals surface area contributed by atoms with Gasteiger partial charge < -0.3 is 38.1 Å². The number of aromatic nitrogens is 4. The number of morpholine rings is 1. The lowest BCUT2D eigenvalue weighted by Gasteiger charge is -2.27. The summed E-state index contributed by atoms with van der Waals surface area (Å²) in [6.07, 6.45) is 15.3. The van der Waals surface area contributed by atoms with Crippen LogP contribution in [0.4, 0.5) is 0 Å². The number of rotatable bonds is 8. The van der Waals surface area contributed by atoms with Gasteiger partial charge in [0.15, 0.2) is 0 Å². The van der Waals surface area contributed by atoms with Crippen molar-refractivity contribution in [2.45, 2.75) is 109 Å². The van der Waals surface area contributed by atoms with Crippen LogP contribution in [0.15, 0.2) is 95.0 Å². The Hall–Kier alpha value is -6.38. The van der Waals surface area contributed by atoms with Crippen molar-refractivity contribution >= 4 is 33.9 Å². The third kappa shape index (κ3) is 8.52. The lowest BCUT2D eigenvalue weighted by atomic mass is 10.1. The van der Waals surface area contributed by atoms with E-state index in [9.17, 15) is 24.3 Å². The fourth-order valence-corrected chi connectivity index (χ4v) is 10.4. The first-order chi connectivity index (χ1) is 31.6. The topological polar surface area (TPSA) is 164 Å². The van der Waals surface area contributed by atoms with E-state index in [1.807, 2.05) is 42.7 Å². The van der Waals surface area contributed by atoms with E-state index in [1.54, 1.807) is 40.2 Å². The monoisotopic (exact) mass is 879 g/mol. The molecular formula is C51H53N5O9. The SMILES string of the molecule is C1C[C@H]2C[C@@H]1CO2.CCn1cc(C(=O)N2C[C@H]3C[C@@H]2CO3)c(=O)c2cc(OC3Cc4ccccc4C3)cnc21.CCn1cc(C(=O)O)c(=O)c2cc(OC3Cc4ccccc4C3)cnc21. The van der Waals surface area contributed by atoms with Crippen molar-refractivity contribution in [2.24, 2.45) is 5.92 Å². The second-order valence-electron chi connectivity index (χ2n) is 18.0. The van der Waals surface area contributed by atoms with E-state index >= 15 is 0 Å². The molecule has 4 bridgehead atoms. The third-order valence-corrected chi connectivity index (χ3v) is 13.8. The molecule has 14 nitrogen and oxygen atoms in total. The summed E-state index contributed by atoms with van der Waals surface area (Å²) >= 11 is 0. The number of carbonyl (C=O) groups is 2. The normalized spacial score (nSPS) is 21.5. The van der Waals surface area contributed by atoms with E-state index in [4.69, 9.17) is 18.9 Å². The average molecular weight is 880 g/mol. The first-order valence-electron chi connectivity index (χ1n) is 22.9. The molecule has 3 aliphatic heterocycles. The molecule has 336 valence electrons. The summed E-state index contributed by atoms with van der Waals surface area (Å²) < 4.78 is 26.7. The highest BCUT2D eigenvalue weighted by molar-refractivity contribution is 5.97. The van der Waals surface area contributed by atoms with Crippen LogP contribution >= 0.6 is 0 Å². The van der Waals surface area contributed by atoms with Gasteiger partial charge >= 0.3 is 5.97 Å². The molecule has 4 aromatic heterocycles. The quantitative estimate of drug-likeness (QED) is 0.179. The van der Waals surface area contributed by atoms with Crippen LogP contribution in [0.5, 0.6) is 11.5 Å². The number of hydrogen-bond acceptors (Lipinski definition) is 10. The number of aromatic carboxylic acids is 1. The Balaban J connectivity index is 0.000000135. The first kappa shape index (κ1) is 42.6. The molecule has 6 aliphatic rings. The maximum absolute atomic E-state index is 13.4. The highest BCUT2D eigenvalue weighted by Gasteiger charge is 2.42. The third-order valence-electron chi connectivity index (χ3n) is 13.8. The van der Waals surface area contributed by atoms with Crippen LogP contribution < -0.4 is 20.3 Å². The summed E-state index contributed by atoms with van der Waals surface area (Å²) in [5.74, 6) is 0.542. The lowest BCUT2D eigenvalue weighted by molar-refractivity contribution is 0.0258. The molecule has 6 aromatic rings. The number of amides is 1. The van der Waals surface area contributed by atoms with Crippen molar-refractivity contribution in [1.82, 2.24) is 24.0 Å².